The highest BCUT2D eigenvalue weighted by molar-refractivity contribution is 14.1. The lowest BCUT2D eigenvalue weighted by molar-refractivity contribution is 0.267. The lowest BCUT2D eigenvalue weighted by Gasteiger charge is -2.14. The van der Waals surface area contributed by atoms with Crippen LogP contribution in [0, 0.1) is 10.5 Å². The van der Waals surface area contributed by atoms with Gasteiger partial charge in [0, 0.05) is 0 Å². The first-order chi connectivity index (χ1) is 13.1. The maximum absolute atomic E-state index is 6.03. The number of benzene rings is 2. The van der Waals surface area contributed by atoms with Gasteiger partial charge in [0.25, 0.3) is 0 Å². The van der Waals surface area contributed by atoms with Crippen molar-refractivity contribution in [1.29, 1.82) is 0 Å². The van der Waals surface area contributed by atoms with Crippen LogP contribution >= 0.6 is 22.6 Å². The van der Waals surface area contributed by atoms with Crippen LogP contribution < -0.4 is 15.2 Å². The van der Waals surface area contributed by atoms with E-state index in [1.165, 1.54) is 0 Å². The van der Waals surface area contributed by atoms with E-state index in [0.717, 1.165) is 26.1 Å². The van der Waals surface area contributed by atoms with Crippen molar-refractivity contribution in [3.63, 3.8) is 0 Å². The molecular formula is C20H21IN4O2. The molecule has 0 unspecified atom stereocenters. The van der Waals surface area contributed by atoms with Gasteiger partial charge in [0.2, 0.25) is 5.95 Å². The van der Waals surface area contributed by atoms with E-state index in [9.17, 15) is 0 Å². The van der Waals surface area contributed by atoms with Crippen molar-refractivity contribution in [2.45, 2.75) is 20.5 Å². The number of nitrogens with zero attached hydrogens (tertiary/aromatic N) is 3. The van der Waals surface area contributed by atoms with Crippen LogP contribution in [0.4, 0.5) is 5.95 Å². The zero-order valence-electron chi connectivity index (χ0n) is 15.2. The van der Waals surface area contributed by atoms with Crippen molar-refractivity contribution >= 4 is 34.8 Å². The van der Waals surface area contributed by atoms with E-state index >= 15 is 0 Å². The Morgan fingerprint density at radius 2 is 2.00 bits per heavy atom. The lowest BCUT2D eigenvalue weighted by Crippen LogP contribution is -2.03. The molecule has 27 heavy (non-hydrogen) atoms. The summed E-state index contributed by atoms with van der Waals surface area (Å²) in [6, 6.07) is 14.0. The van der Waals surface area contributed by atoms with Gasteiger partial charge in [-0.2, -0.15) is 5.10 Å². The third-order valence-electron chi connectivity index (χ3n) is 3.72. The summed E-state index contributed by atoms with van der Waals surface area (Å²) < 4.78 is 14.3. The van der Waals surface area contributed by atoms with Crippen molar-refractivity contribution < 1.29 is 9.47 Å². The predicted molar refractivity (Wildman–Crippen MR) is 115 cm³/mol. The summed E-state index contributed by atoms with van der Waals surface area (Å²) in [4.78, 5) is 4.14. The molecule has 2 N–H and O–H groups in total. The average Bonchev–Trinajstić information content (AvgIpc) is 2.97. The normalized spacial score (nSPS) is 11.1. The topological polar surface area (TPSA) is 74.7 Å². The molecule has 0 aliphatic rings. The SMILES string of the molecule is CCOc1cc(C=Nn2cc(C)nc2N)cc(I)c1OCc1ccccc1. The smallest absolute Gasteiger partial charge is 0.221 e. The van der Waals surface area contributed by atoms with Crippen molar-refractivity contribution in [3.05, 3.63) is 69.1 Å². The highest BCUT2D eigenvalue weighted by atomic mass is 127. The Balaban J connectivity index is 1.84. The molecule has 0 saturated carbocycles. The number of nitrogens with two attached hydrogens (primary N) is 1. The maximum Gasteiger partial charge on any atom is 0.221 e. The number of hydrogen-bond acceptors (Lipinski definition) is 5. The van der Waals surface area contributed by atoms with E-state index in [1.54, 1.807) is 17.1 Å². The van der Waals surface area contributed by atoms with E-state index in [1.807, 2.05) is 56.3 Å². The number of halogens is 1. The van der Waals surface area contributed by atoms with Crippen LogP contribution in [0.5, 0.6) is 11.5 Å². The molecule has 0 radical (unpaired) electrons. The molecule has 0 saturated heterocycles. The molecule has 2 aromatic carbocycles. The fraction of sp³-hybridized carbons (Fsp3) is 0.200. The van der Waals surface area contributed by atoms with Crippen molar-refractivity contribution in [3.8, 4) is 11.5 Å². The summed E-state index contributed by atoms with van der Waals surface area (Å²) in [6.45, 7) is 4.85. The summed E-state index contributed by atoms with van der Waals surface area (Å²) in [7, 11) is 0. The van der Waals surface area contributed by atoms with Gasteiger partial charge in [0.05, 0.1) is 28.3 Å². The molecule has 6 nitrogen and oxygen atoms in total. The van der Waals surface area contributed by atoms with Gasteiger partial charge in [-0.05, 0) is 59.7 Å². The van der Waals surface area contributed by atoms with Crippen LogP contribution in [0.25, 0.3) is 0 Å². The van der Waals surface area contributed by atoms with Gasteiger partial charge >= 0.3 is 0 Å². The average molecular weight is 476 g/mol. The predicted octanol–water partition coefficient (Wildman–Crippen LogP) is 4.24. The molecule has 3 rings (SSSR count). The quantitative estimate of drug-likeness (QED) is 0.409. The third kappa shape index (κ3) is 5.00. The number of anilines is 1. The Morgan fingerprint density at radius 3 is 2.67 bits per heavy atom. The van der Waals surface area contributed by atoms with Crippen LogP contribution in [0.1, 0.15) is 23.7 Å². The van der Waals surface area contributed by atoms with E-state index in [0.29, 0.717) is 24.9 Å². The summed E-state index contributed by atoms with van der Waals surface area (Å²) >= 11 is 2.25. The highest BCUT2D eigenvalue weighted by Crippen LogP contribution is 2.34. The Kier molecular flexibility index (Phi) is 6.33. The number of hydrogen-bond donors (Lipinski definition) is 1. The van der Waals surface area contributed by atoms with Gasteiger partial charge in [-0.3, -0.25) is 0 Å². The molecule has 1 aromatic heterocycles. The van der Waals surface area contributed by atoms with Crippen molar-refractivity contribution in [2.24, 2.45) is 5.10 Å². The molecule has 0 bridgehead atoms. The summed E-state index contributed by atoms with van der Waals surface area (Å²) in [5.41, 5.74) is 8.64. The monoisotopic (exact) mass is 476 g/mol. The van der Waals surface area contributed by atoms with Gasteiger partial charge in [0.1, 0.15) is 6.61 Å². The second kappa shape index (κ2) is 8.90. The fourth-order valence-corrected chi connectivity index (χ4v) is 3.30. The van der Waals surface area contributed by atoms with Crippen LogP contribution in [0.3, 0.4) is 0 Å². The lowest BCUT2D eigenvalue weighted by atomic mass is 10.2. The molecule has 0 fully saturated rings. The van der Waals surface area contributed by atoms with Crippen LogP contribution in [0.15, 0.2) is 53.8 Å². The molecule has 140 valence electrons. The van der Waals surface area contributed by atoms with Crippen LogP contribution in [0.2, 0.25) is 0 Å². The zero-order chi connectivity index (χ0) is 19.2. The number of nitrogen functional groups attached to an aromatic ring is 1. The van der Waals surface area contributed by atoms with Gasteiger partial charge < -0.3 is 15.2 Å². The highest BCUT2D eigenvalue weighted by Gasteiger charge is 2.12. The second-order valence-corrected chi connectivity index (χ2v) is 7.03. The molecule has 0 aliphatic heterocycles. The van der Waals surface area contributed by atoms with E-state index < -0.39 is 0 Å². The van der Waals surface area contributed by atoms with E-state index in [2.05, 4.69) is 32.7 Å². The van der Waals surface area contributed by atoms with Crippen LogP contribution in [-0.4, -0.2) is 22.5 Å². The number of ether oxygens (including phenoxy) is 2. The Morgan fingerprint density at radius 1 is 1.22 bits per heavy atom. The fourth-order valence-electron chi connectivity index (χ4n) is 2.52. The zero-order valence-corrected chi connectivity index (χ0v) is 17.4. The minimum atomic E-state index is 0.353. The standard InChI is InChI=1S/C20H21IN4O2/c1-3-26-18-10-16(11-23-25-12-14(2)24-20(25)22)9-17(21)19(18)27-13-15-7-5-4-6-8-15/h4-12H,3,13H2,1-2H3,(H2,22,24). The first kappa shape index (κ1) is 19.2. The van der Waals surface area contributed by atoms with Crippen molar-refractivity contribution in [2.75, 3.05) is 12.3 Å². The third-order valence-corrected chi connectivity index (χ3v) is 4.52. The summed E-state index contributed by atoms with van der Waals surface area (Å²) in [5.74, 6) is 1.78. The van der Waals surface area contributed by atoms with Crippen LogP contribution in [-0.2, 0) is 6.61 Å². The molecule has 0 atom stereocenters. The molecular weight excluding hydrogens is 455 g/mol. The Hall–Kier alpha value is -2.55. The molecule has 1 heterocycles. The molecule has 7 heteroatoms. The van der Waals surface area contributed by atoms with E-state index in [4.69, 9.17) is 15.2 Å². The van der Waals surface area contributed by atoms with Gasteiger partial charge in [-0.25, -0.2) is 9.66 Å². The largest absolute Gasteiger partial charge is 0.490 e. The minimum Gasteiger partial charge on any atom is -0.490 e. The van der Waals surface area contributed by atoms with Crippen molar-refractivity contribution in [1.82, 2.24) is 9.66 Å². The van der Waals surface area contributed by atoms with Gasteiger partial charge in [0.15, 0.2) is 11.5 Å². The maximum atomic E-state index is 6.03. The summed E-state index contributed by atoms with van der Waals surface area (Å²) in [6.07, 6.45) is 3.50. The van der Waals surface area contributed by atoms with E-state index in [-0.39, 0.29) is 0 Å². The Labute approximate surface area is 172 Å². The Bertz CT molecular complexity index is 939. The summed E-state index contributed by atoms with van der Waals surface area (Å²) in [5, 5.41) is 4.37. The van der Waals surface area contributed by atoms with Gasteiger partial charge in [-0.15, -0.1) is 0 Å². The number of imidazole rings is 1. The molecule has 0 amide bonds. The molecule has 0 aliphatic carbocycles. The van der Waals surface area contributed by atoms with Gasteiger partial charge in [-0.1, -0.05) is 30.3 Å². The number of aryl methyl sites for hydroxylation is 1. The number of aromatic nitrogens is 2. The molecule has 3 aromatic rings. The molecule has 0 spiro atoms. The second-order valence-electron chi connectivity index (χ2n) is 5.87. The number of rotatable bonds is 7. The first-order valence-electron chi connectivity index (χ1n) is 8.55. The minimum absolute atomic E-state index is 0.353. The first-order valence-corrected chi connectivity index (χ1v) is 9.63.